The molecule has 0 spiro atoms. The number of hydrogen-bond donors (Lipinski definition) is 0. The van der Waals surface area contributed by atoms with Gasteiger partial charge in [0.15, 0.2) is 0 Å². The van der Waals surface area contributed by atoms with E-state index in [0.29, 0.717) is 13.2 Å². The highest BCUT2D eigenvalue weighted by atomic mass is 79.9. The van der Waals surface area contributed by atoms with Crippen molar-refractivity contribution < 1.29 is 9.47 Å². The number of hydrogen-bond acceptors (Lipinski definition) is 2. The van der Waals surface area contributed by atoms with E-state index in [0.717, 1.165) is 10.7 Å². The van der Waals surface area contributed by atoms with Gasteiger partial charge >= 0.3 is 0 Å². The predicted molar refractivity (Wildman–Crippen MR) is 43.8 cm³/mol. The Morgan fingerprint density at radius 2 is 1.44 bits per heavy atom. The van der Waals surface area contributed by atoms with Crippen LogP contribution in [0.4, 0.5) is 0 Å². The second kappa shape index (κ2) is 8.88. The molecule has 0 bridgehead atoms. The third kappa shape index (κ3) is 8.88. The average Bonchev–Trinajstić information content (AvgIpc) is 1.89. The first-order valence-electron chi connectivity index (χ1n) is 2.58. The normalized spacial score (nSPS) is 10.0. The molecule has 0 aromatic heterocycles. The first kappa shape index (κ1) is 9.88. The maximum atomic E-state index is 4.87. The van der Waals surface area contributed by atoms with Crippen molar-refractivity contribution in [2.45, 2.75) is 0 Å². The minimum atomic E-state index is 0.655. The van der Waals surface area contributed by atoms with Crippen LogP contribution in [0.25, 0.3) is 0 Å². The summed E-state index contributed by atoms with van der Waals surface area (Å²) >= 11 is 6.42. The van der Waals surface area contributed by atoms with Gasteiger partial charge in [-0.15, -0.1) is 0 Å². The molecule has 1 radical (unpaired) electrons. The summed E-state index contributed by atoms with van der Waals surface area (Å²) in [5, 5.41) is 1.67. The van der Waals surface area contributed by atoms with Gasteiger partial charge in [0, 0.05) is 10.7 Å². The molecule has 0 N–H and O–H groups in total. The van der Waals surface area contributed by atoms with E-state index in [2.05, 4.69) is 31.9 Å². The van der Waals surface area contributed by atoms with Gasteiger partial charge in [0.1, 0.15) is 0 Å². The lowest BCUT2D eigenvalue weighted by Gasteiger charge is -1.99. The minimum absolute atomic E-state index is 0.655. The van der Waals surface area contributed by atoms with Crippen LogP contribution in [0.1, 0.15) is 0 Å². The van der Waals surface area contributed by atoms with E-state index in [1.165, 1.54) is 6.79 Å². The molecule has 0 unspecified atom stereocenters. The molecule has 0 saturated heterocycles. The van der Waals surface area contributed by atoms with Crippen molar-refractivity contribution in [3.63, 3.8) is 0 Å². The Bertz CT molecular complexity index is 46.2. The summed E-state index contributed by atoms with van der Waals surface area (Å²) in [6.07, 6.45) is 0. The fourth-order valence-electron chi connectivity index (χ4n) is 0.233. The lowest BCUT2D eigenvalue weighted by atomic mass is 10.8. The molecule has 0 rings (SSSR count). The molecular formula is C5H9Br2O2. The lowest BCUT2D eigenvalue weighted by molar-refractivity contribution is 0.0345. The first-order chi connectivity index (χ1) is 4.41. The third-order valence-corrected chi connectivity index (χ3v) is 1.17. The van der Waals surface area contributed by atoms with E-state index in [-0.39, 0.29) is 0 Å². The van der Waals surface area contributed by atoms with Gasteiger partial charge in [-0.05, 0) is 0 Å². The van der Waals surface area contributed by atoms with Crippen LogP contribution in [0.3, 0.4) is 0 Å². The molecule has 0 aliphatic carbocycles. The molecule has 0 aliphatic rings. The molecule has 0 fully saturated rings. The molecule has 55 valence electrons. The molecule has 0 amide bonds. The smallest absolute Gasteiger partial charge is 0.209 e. The zero-order chi connectivity index (χ0) is 6.95. The Kier molecular flexibility index (Phi) is 9.75. The van der Waals surface area contributed by atoms with Gasteiger partial charge in [-0.25, -0.2) is 0 Å². The van der Waals surface area contributed by atoms with E-state index >= 15 is 0 Å². The van der Waals surface area contributed by atoms with Gasteiger partial charge in [-0.2, -0.15) is 0 Å². The van der Waals surface area contributed by atoms with Crippen molar-refractivity contribution in [3.8, 4) is 0 Å². The standard InChI is InChI=1S/C5H9Br2O2/c6-1-3-8-5-9-4-2-7/h5H,1-4H2. The summed E-state index contributed by atoms with van der Waals surface area (Å²) in [6, 6.07) is 0. The molecular weight excluding hydrogens is 252 g/mol. The number of halogens is 2. The van der Waals surface area contributed by atoms with Crippen molar-refractivity contribution in [2.75, 3.05) is 23.9 Å². The maximum Gasteiger partial charge on any atom is 0.209 e. The molecule has 2 nitrogen and oxygen atoms in total. The molecule has 0 aromatic rings. The lowest BCUT2D eigenvalue weighted by Crippen LogP contribution is -1.98. The van der Waals surface area contributed by atoms with Gasteiger partial charge in [0.25, 0.3) is 0 Å². The van der Waals surface area contributed by atoms with Crippen molar-refractivity contribution in [3.05, 3.63) is 6.79 Å². The quantitative estimate of drug-likeness (QED) is 0.537. The Balaban J connectivity index is 2.60. The highest BCUT2D eigenvalue weighted by Gasteiger charge is 1.85. The second-order valence-corrected chi connectivity index (χ2v) is 2.80. The average molecular weight is 261 g/mol. The Hall–Kier alpha value is 0.880. The predicted octanol–water partition coefficient (Wildman–Crippen LogP) is 1.93. The topological polar surface area (TPSA) is 18.5 Å². The van der Waals surface area contributed by atoms with Gasteiger partial charge in [0.05, 0.1) is 13.2 Å². The van der Waals surface area contributed by atoms with Crippen molar-refractivity contribution in [1.29, 1.82) is 0 Å². The van der Waals surface area contributed by atoms with Crippen LogP contribution in [0, 0.1) is 6.79 Å². The molecule has 4 heteroatoms. The fraction of sp³-hybridized carbons (Fsp3) is 0.800. The number of alkyl halides is 2. The first-order valence-corrected chi connectivity index (χ1v) is 4.83. The highest BCUT2D eigenvalue weighted by Crippen LogP contribution is 1.89. The maximum absolute atomic E-state index is 4.87. The summed E-state index contributed by atoms with van der Waals surface area (Å²) in [6.45, 7) is 2.67. The van der Waals surface area contributed by atoms with E-state index < -0.39 is 0 Å². The van der Waals surface area contributed by atoms with Crippen LogP contribution >= 0.6 is 31.9 Å². The molecule has 0 heterocycles. The second-order valence-electron chi connectivity index (χ2n) is 1.22. The zero-order valence-electron chi connectivity index (χ0n) is 4.98. The van der Waals surface area contributed by atoms with Crippen LogP contribution < -0.4 is 0 Å². The minimum Gasteiger partial charge on any atom is -0.347 e. The Morgan fingerprint density at radius 3 is 1.78 bits per heavy atom. The zero-order valence-corrected chi connectivity index (χ0v) is 8.15. The molecule has 9 heavy (non-hydrogen) atoms. The van der Waals surface area contributed by atoms with Crippen molar-refractivity contribution >= 4 is 31.9 Å². The van der Waals surface area contributed by atoms with Crippen molar-refractivity contribution in [2.24, 2.45) is 0 Å². The van der Waals surface area contributed by atoms with Gasteiger partial charge < -0.3 is 9.47 Å². The summed E-state index contributed by atoms with van der Waals surface area (Å²) in [5.41, 5.74) is 0. The van der Waals surface area contributed by atoms with Crippen LogP contribution in [0.5, 0.6) is 0 Å². The van der Waals surface area contributed by atoms with E-state index in [4.69, 9.17) is 9.47 Å². The molecule has 0 aromatic carbocycles. The van der Waals surface area contributed by atoms with Gasteiger partial charge in [-0.3, -0.25) is 0 Å². The van der Waals surface area contributed by atoms with Crippen molar-refractivity contribution in [1.82, 2.24) is 0 Å². The Morgan fingerprint density at radius 1 is 1.00 bits per heavy atom. The largest absolute Gasteiger partial charge is 0.347 e. The number of ether oxygens (including phenoxy) is 2. The summed E-state index contributed by atoms with van der Waals surface area (Å²) in [4.78, 5) is 0. The number of rotatable bonds is 6. The van der Waals surface area contributed by atoms with E-state index in [1.807, 2.05) is 0 Å². The van der Waals surface area contributed by atoms with E-state index in [1.54, 1.807) is 0 Å². The monoisotopic (exact) mass is 259 g/mol. The van der Waals surface area contributed by atoms with Crippen LogP contribution in [-0.2, 0) is 9.47 Å². The third-order valence-electron chi connectivity index (χ3n) is 0.526. The summed E-state index contributed by atoms with van der Waals surface area (Å²) in [7, 11) is 0. The Labute approximate surface area is 72.2 Å². The van der Waals surface area contributed by atoms with E-state index in [9.17, 15) is 0 Å². The highest BCUT2D eigenvalue weighted by molar-refractivity contribution is 9.09. The summed E-state index contributed by atoms with van der Waals surface area (Å²) in [5.74, 6) is 0. The SMILES string of the molecule is BrCCO[CH]OCCBr. The molecule has 0 aliphatic heterocycles. The molecule has 0 saturated carbocycles. The van der Waals surface area contributed by atoms with Crippen LogP contribution in [0.15, 0.2) is 0 Å². The van der Waals surface area contributed by atoms with Gasteiger partial charge in [-0.1, -0.05) is 31.9 Å². The van der Waals surface area contributed by atoms with Crippen LogP contribution in [-0.4, -0.2) is 23.9 Å². The van der Waals surface area contributed by atoms with Gasteiger partial charge in [0.2, 0.25) is 6.79 Å². The fourth-order valence-corrected chi connectivity index (χ4v) is 0.607. The molecule has 0 atom stereocenters. The van der Waals surface area contributed by atoms with Crippen LogP contribution in [0.2, 0.25) is 0 Å². The summed E-state index contributed by atoms with van der Waals surface area (Å²) < 4.78 is 9.74.